The first-order chi connectivity index (χ1) is 7.72. The smallest absolute Gasteiger partial charge is 0.178 e. The zero-order chi connectivity index (χ0) is 11.8. The average Bonchev–Trinajstić information content (AvgIpc) is 2.35. The van der Waals surface area contributed by atoms with Gasteiger partial charge in [-0.2, -0.15) is 0 Å². The number of carbonyl (C=O) groups is 2. The maximum absolute atomic E-state index is 10.3. The number of allylic oxidation sites excluding steroid dienone is 4. The summed E-state index contributed by atoms with van der Waals surface area (Å²) in [7, 11) is 0. The van der Waals surface area contributed by atoms with Crippen LogP contribution in [-0.2, 0) is 9.59 Å². The molecule has 0 aliphatic heterocycles. The Kier molecular flexibility index (Phi) is 4.67. The summed E-state index contributed by atoms with van der Waals surface area (Å²) in [6, 6.07) is 10.0. The molecule has 0 saturated carbocycles. The van der Waals surface area contributed by atoms with E-state index < -0.39 is 0 Å². The van der Waals surface area contributed by atoms with Crippen LogP contribution in [0.4, 0.5) is 0 Å². The predicted octanol–water partition coefficient (Wildman–Crippen LogP) is 2.58. The van der Waals surface area contributed by atoms with Crippen LogP contribution >= 0.6 is 0 Å². The molecule has 0 N–H and O–H groups in total. The number of rotatable bonds is 1. The molecule has 0 fully saturated rings. The Morgan fingerprint density at radius 3 is 1.56 bits per heavy atom. The highest BCUT2D eigenvalue weighted by Crippen LogP contribution is 1.97. The lowest BCUT2D eigenvalue weighted by atomic mass is 10.2. The van der Waals surface area contributed by atoms with Crippen molar-refractivity contribution in [2.24, 2.45) is 0 Å². The molecule has 1 aliphatic rings. The zero-order valence-electron chi connectivity index (χ0n) is 8.80. The van der Waals surface area contributed by atoms with Gasteiger partial charge in [0.05, 0.1) is 0 Å². The lowest BCUT2D eigenvalue weighted by Gasteiger charge is -1.87. The van der Waals surface area contributed by atoms with Gasteiger partial charge in [-0.1, -0.05) is 43.0 Å². The van der Waals surface area contributed by atoms with Gasteiger partial charge in [-0.25, -0.2) is 0 Å². The van der Waals surface area contributed by atoms with E-state index in [0.717, 1.165) is 0 Å². The molecular weight excluding hydrogens is 200 g/mol. The van der Waals surface area contributed by atoms with Crippen molar-refractivity contribution in [2.45, 2.75) is 0 Å². The Hall–Kier alpha value is -2.22. The number of carbonyl (C=O) groups excluding carboxylic acids is 2. The van der Waals surface area contributed by atoms with Crippen LogP contribution in [0.3, 0.4) is 0 Å². The molecule has 1 aromatic carbocycles. The molecular formula is C14H12O2. The summed E-state index contributed by atoms with van der Waals surface area (Å²) in [5.74, 6) is -0.241. The van der Waals surface area contributed by atoms with Gasteiger partial charge in [-0.05, 0) is 29.9 Å². The van der Waals surface area contributed by atoms with Crippen LogP contribution < -0.4 is 0 Å². The van der Waals surface area contributed by atoms with Gasteiger partial charge in [0.2, 0.25) is 0 Å². The highest BCUT2D eigenvalue weighted by molar-refractivity contribution is 6.14. The molecule has 0 amide bonds. The molecule has 0 atom stereocenters. The third kappa shape index (κ3) is 4.33. The molecule has 1 aromatic rings. The Balaban J connectivity index is 0.000000160. The van der Waals surface area contributed by atoms with Crippen molar-refractivity contribution in [2.75, 3.05) is 0 Å². The molecule has 0 aromatic heterocycles. The normalized spacial score (nSPS) is 13.0. The molecule has 1 aliphatic carbocycles. The van der Waals surface area contributed by atoms with Crippen LogP contribution in [0.2, 0.25) is 0 Å². The summed E-state index contributed by atoms with van der Waals surface area (Å²) >= 11 is 0. The monoisotopic (exact) mass is 212 g/mol. The highest BCUT2D eigenvalue weighted by atomic mass is 16.1. The number of hydrogen-bond acceptors (Lipinski definition) is 2. The lowest BCUT2D eigenvalue weighted by molar-refractivity contribution is -0.113. The van der Waals surface area contributed by atoms with E-state index in [9.17, 15) is 9.59 Å². The van der Waals surface area contributed by atoms with E-state index >= 15 is 0 Å². The van der Waals surface area contributed by atoms with E-state index in [4.69, 9.17) is 0 Å². The van der Waals surface area contributed by atoms with Crippen molar-refractivity contribution in [3.8, 4) is 0 Å². The zero-order valence-corrected chi connectivity index (χ0v) is 8.80. The maximum Gasteiger partial charge on any atom is 0.178 e. The second-order valence-corrected chi connectivity index (χ2v) is 3.09. The first-order valence-electron chi connectivity index (χ1n) is 4.84. The molecule has 2 nitrogen and oxygen atoms in total. The SMILES string of the molecule is C=Cc1ccccc1.O=C1C=CC(=O)C=C1. The first-order valence-corrected chi connectivity index (χ1v) is 4.84. The summed E-state index contributed by atoms with van der Waals surface area (Å²) in [6.07, 6.45) is 6.84. The van der Waals surface area contributed by atoms with Gasteiger partial charge >= 0.3 is 0 Å². The molecule has 0 spiro atoms. The minimum atomic E-state index is -0.121. The van der Waals surface area contributed by atoms with Crippen molar-refractivity contribution in [3.05, 3.63) is 66.8 Å². The van der Waals surface area contributed by atoms with Crippen molar-refractivity contribution in [1.82, 2.24) is 0 Å². The molecule has 80 valence electrons. The summed E-state index contributed by atoms with van der Waals surface area (Å²) in [5, 5.41) is 0. The average molecular weight is 212 g/mol. The van der Waals surface area contributed by atoms with Gasteiger partial charge in [0, 0.05) is 0 Å². The van der Waals surface area contributed by atoms with E-state index in [0.29, 0.717) is 0 Å². The van der Waals surface area contributed by atoms with Gasteiger partial charge in [-0.3, -0.25) is 9.59 Å². The van der Waals surface area contributed by atoms with E-state index in [1.54, 1.807) is 0 Å². The summed E-state index contributed by atoms with van der Waals surface area (Å²) in [4.78, 5) is 20.6. The number of hydrogen-bond donors (Lipinski definition) is 0. The van der Waals surface area contributed by atoms with Gasteiger partial charge in [0.15, 0.2) is 11.6 Å². The fourth-order valence-corrected chi connectivity index (χ4v) is 1.03. The van der Waals surface area contributed by atoms with Crippen LogP contribution in [0.25, 0.3) is 6.08 Å². The summed E-state index contributed by atoms with van der Waals surface area (Å²) < 4.78 is 0. The second-order valence-electron chi connectivity index (χ2n) is 3.09. The van der Waals surface area contributed by atoms with Crippen molar-refractivity contribution in [1.29, 1.82) is 0 Å². The molecule has 2 heteroatoms. The predicted molar refractivity (Wildman–Crippen MR) is 64.8 cm³/mol. The van der Waals surface area contributed by atoms with Crippen LogP contribution in [0.15, 0.2) is 61.2 Å². The number of ketones is 2. The van der Waals surface area contributed by atoms with Crippen molar-refractivity contribution in [3.63, 3.8) is 0 Å². The minimum Gasteiger partial charge on any atom is -0.290 e. The third-order valence-corrected chi connectivity index (χ3v) is 1.86. The van der Waals surface area contributed by atoms with Gasteiger partial charge < -0.3 is 0 Å². The molecule has 16 heavy (non-hydrogen) atoms. The molecule has 0 heterocycles. The van der Waals surface area contributed by atoms with Gasteiger partial charge in [0.1, 0.15) is 0 Å². The lowest BCUT2D eigenvalue weighted by Crippen LogP contribution is -1.97. The Labute approximate surface area is 94.6 Å². The molecule has 0 unspecified atom stereocenters. The Morgan fingerprint density at radius 1 is 0.812 bits per heavy atom. The minimum absolute atomic E-state index is 0.121. The third-order valence-electron chi connectivity index (χ3n) is 1.86. The van der Waals surface area contributed by atoms with E-state index in [-0.39, 0.29) is 11.6 Å². The molecule has 0 saturated heterocycles. The Morgan fingerprint density at radius 2 is 1.25 bits per heavy atom. The maximum atomic E-state index is 10.3. The standard InChI is InChI=1S/C8H8.C6H4O2/c1-2-8-6-4-3-5-7-8;7-5-1-2-6(8)4-3-5/h2-7H,1H2;1-4H. The van der Waals surface area contributed by atoms with Crippen LogP contribution in [0.1, 0.15) is 5.56 Å². The van der Waals surface area contributed by atoms with Crippen LogP contribution in [0.5, 0.6) is 0 Å². The Bertz CT molecular complexity index is 401. The second kappa shape index (κ2) is 6.30. The van der Waals surface area contributed by atoms with Crippen molar-refractivity contribution < 1.29 is 9.59 Å². The van der Waals surface area contributed by atoms with Crippen LogP contribution in [0, 0.1) is 0 Å². The van der Waals surface area contributed by atoms with Gasteiger partial charge in [-0.15, -0.1) is 0 Å². The number of benzene rings is 1. The fourth-order valence-electron chi connectivity index (χ4n) is 1.03. The quantitative estimate of drug-likeness (QED) is 0.670. The van der Waals surface area contributed by atoms with Crippen molar-refractivity contribution >= 4 is 17.6 Å². The van der Waals surface area contributed by atoms with E-state index in [1.807, 2.05) is 36.4 Å². The molecule has 0 bridgehead atoms. The largest absolute Gasteiger partial charge is 0.290 e. The molecule has 0 radical (unpaired) electrons. The van der Waals surface area contributed by atoms with E-state index in [2.05, 4.69) is 6.58 Å². The highest BCUT2D eigenvalue weighted by Gasteiger charge is 1.97. The van der Waals surface area contributed by atoms with Crippen LogP contribution in [-0.4, -0.2) is 11.6 Å². The molecule has 2 rings (SSSR count). The summed E-state index contributed by atoms with van der Waals surface area (Å²) in [6.45, 7) is 3.63. The first kappa shape index (κ1) is 11.9. The van der Waals surface area contributed by atoms with E-state index in [1.165, 1.54) is 29.9 Å². The fraction of sp³-hybridized carbons (Fsp3) is 0. The summed E-state index contributed by atoms with van der Waals surface area (Å²) in [5.41, 5.74) is 1.17. The van der Waals surface area contributed by atoms with Gasteiger partial charge in [0.25, 0.3) is 0 Å². The topological polar surface area (TPSA) is 34.1 Å².